The van der Waals surface area contributed by atoms with Crippen molar-refractivity contribution >= 4 is 11.9 Å². The summed E-state index contributed by atoms with van der Waals surface area (Å²) in [7, 11) is 1.61. The van der Waals surface area contributed by atoms with Gasteiger partial charge in [-0.1, -0.05) is 19.3 Å². The first-order chi connectivity index (χ1) is 8.58. The monoisotopic (exact) mass is 255 g/mol. The predicted octanol–water partition coefficient (Wildman–Crippen LogP) is 1.41. The molecule has 2 rings (SSSR count). The lowest BCUT2D eigenvalue weighted by atomic mass is 9.80. The molecule has 1 aliphatic heterocycles. The molecule has 0 aromatic heterocycles. The number of amides is 1. The van der Waals surface area contributed by atoms with E-state index in [1.165, 1.54) is 4.90 Å². The summed E-state index contributed by atoms with van der Waals surface area (Å²) in [6, 6.07) is 0. The van der Waals surface area contributed by atoms with E-state index in [-0.39, 0.29) is 5.91 Å². The van der Waals surface area contributed by atoms with Gasteiger partial charge in [0.25, 0.3) is 5.91 Å². The number of carboxylic acids is 1. The second-order valence-electron chi connectivity index (χ2n) is 5.30. The van der Waals surface area contributed by atoms with Crippen molar-refractivity contribution in [3.8, 4) is 0 Å². The van der Waals surface area contributed by atoms with E-state index in [1.54, 1.807) is 7.05 Å². The molecule has 1 saturated carbocycles. The maximum absolute atomic E-state index is 12.3. The molecule has 1 atom stereocenters. The van der Waals surface area contributed by atoms with Gasteiger partial charge in [0.1, 0.15) is 11.6 Å². The number of nitrogens with zero attached hydrogens (tertiary/aromatic N) is 1. The van der Waals surface area contributed by atoms with E-state index in [0.717, 1.165) is 25.7 Å². The standard InChI is InChI=1S/C13H21NO4/c1-14(11(15)10-6-5-9-18-10)13(12(16)17)7-3-2-4-8-13/h10H,2-9H2,1H3,(H,16,17). The number of carbonyl (C=O) groups is 2. The molecule has 1 amide bonds. The van der Waals surface area contributed by atoms with E-state index < -0.39 is 17.6 Å². The number of carbonyl (C=O) groups excluding carboxylic acids is 1. The lowest BCUT2D eigenvalue weighted by Crippen LogP contribution is -2.58. The molecule has 1 heterocycles. The van der Waals surface area contributed by atoms with E-state index in [4.69, 9.17) is 4.74 Å². The van der Waals surface area contributed by atoms with Gasteiger partial charge < -0.3 is 14.7 Å². The number of ether oxygens (including phenoxy) is 1. The maximum atomic E-state index is 12.3. The number of rotatable bonds is 3. The quantitative estimate of drug-likeness (QED) is 0.828. The fraction of sp³-hybridized carbons (Fsp3) is 0.846. The zero-order valence-electron chi connectivity index (χ0n) is 10.9. The Morgan fingerprint density at radius 1 is 1.22 bits per heavy atom. The SMILES string of the molecule is CN(C(=O)C1CCCO1)C1(C(=O)O)CCCCC1. The van der Waals surface area contributed by atoms with Crippen LogP contribution < -0.4 is 0 Å². The molecule has 1 aliphatic carbocycles. The first kappa shape index (κ1) is 13.3. The molecular weight excluding hydrogens is 234 g/mol. The normalized spacial score (nSPS) is 26.8. The van der Waals surface area contributed by atoms with Crippen LogP contribution >= 0.6 is 0 Å². The third kappa shape index (κ3) is 2.23. The van der Waals surface area contributed by atoms with E-state index in [1.807, 2.05) is 0 Å². The minimum absolute atomic E-state index is 0.170. The van der Waals surface area contributed by atoms with Gasteiger partial charge in [-0.2, -0.15) is 0 Å². The highest BCUT2D eigenvalue weighted by molar-refractivity contribution is 5.89. The summed E-state index contributed by atoms with van der Waals surface area (Å²) in [6.07, 6.45) is 5.05. The molecule has 18 heavy (non-hydrogen) atoms. The van der Waals surface area contributed by atoms with Crippen LogP contribution in [0.15, 0.2) is 0 Å². The molecule has 5 nitrogen and oxygen atoms in total. The highest BCUT2D eigenvalue weighted by atomic mass is 16.5. The van der Waals surface area contributed by atoms with Crippen molar-refractivity contribution in [3.05, 3.63) is 0 Å². The Balaban J connectivity index is 2.14. The smallest absolute Gasteiger partial charge is 0.329 e. The molecular formula is C13H21NO4. The average Bonchev–Trinajstić information content (AvgIpc) is 2.91. The van der Waals surface area contributed by atoms with Crippen LogP contribution in [0.1, 0.15) is 44.9 Å². The number of hydrogen-bond acceptors (Lipinski definition) is 3. The minimum atomic E-state index is -1.01. The van der Waals surface area contributed by atoms with Crippen LogP contribution in [-0.4, -0.2) is 47.2 Å². The number of hydrogen-bond donors (Lipinski definition) is 1. The second-order valence-corrected chi connectivity index (χ2v) is 5.30. The highest BCUT2D eigenvalue weighted by Crippen LogP contribution is 2.34. The van der Waals surface area contributed by atoms with E-state index in [0.29, 0.717) is 25.9 Å². The van der Waals surface area contributed by atoms with Gasteiger partial charge in [0, 0.05) is 13.7 Å². The summed E-state index contributed by atoms with van der Waals surface area (Å²) in [4.78, 5) is 25.3. The molecule has 0 spiro atoms. The summed E-state index contributed by atoms with van der Waals surface area (Å²) < 4.78 is 5.37. The minimum Gasteiger partial charge on any atom is -0.479 e. The summed E-state index contributed by atoms with van der Waals surface area (Å²) in [5, 5.41) is 9.52. The number of likely N-dealkylation sites (N-methyl/N-ethyl adjacent to an activating group) is 1. The summed E-state index contributed by atoms with van der Waals surface area (Å²) >= 11 is 0. The first-order valence-corrected chi connectivity index (χ1v) is 6.70. The third-order valence-electron chi connectivity index (χ3n) is 4.26. The molecule has 1 unspecified atom stereocenters. The van der Waals surface area contributed by atoms with Gasteiger partial charge in [-0.3, -0.25) is 4.79 Å². The van der Waals surface area contributed by atoms with Crippen LogP contribution in [0.2, 0.25) is 0 Å². The van der Waals surface area contributed by atoms with Crippen molar-refractivity contribution in [2.24, 2.45) is 0 Å². The third-order valence-corrected chi connectivity index (χ3v) is 4.26. The Bertz CT molecular complexity index is 330. The van der Waals surface area contributed by atoms with Gasteiger partial charge in [0.15, 0.2) is 0 Å². The summed E-state index contributed by atoms with van der Waals surface area (Å²) in [5.74, 6) is -1.05. The molecule has 0 radical (unpaired) electrons. The topological polar surface area (TPSA) is 66.8 Å². The number of aliphatic carboxylic acids is 1. The first-order valence-electron chi connectivity index (χ1n) is 6.70. The van der Waals surface area contributed by atoms with Gasteiger partial charge in [0.2, 0.25) is 0 Å². The molecule has 0 aromatic carbocycles. The van der Waals surface area contributed by atoms with E-state index in [9.17, 15) is 14.7 Å². The van der Waals surface area contributed by atoms with Crippen LogP contribution in [0.25, 0.3) is 0 Å². The maximum Gasteiger partial charge on any atom is 0.329 e. The Morgan fingerprint density at radius 3 is 2.39 bits per heavy atom. The summed E-state index contributed by atoms with van der Waals surface area (Å²) in [5.41, 5.74) is -1.01. The Labute approximate surface area is 107 Å². The van der Waals surface area contributed by atoms with Crippen molar-refractivity contribution < 1.29 is 19.4 Å². The largest absolute Gasteiger partial charge is 0.479 e. The van der Waals surface area contributed by atoms with Gasteiger partial charge in [-0.05, 0) is 25.7 Å². The van der Waals surface area contributed by atoms with Crippen LogP contribution in [0.4, 0.5) is 0 Å². The van der Waals surface area contributed by atoms with Crippen molar-refractivity contribution in [2.75, 3.05) is 13.7 Å². The molecule has 2 fully saturated rings. The molecule has 2 aliphatic rings. The molecule has 0 aromatic rings. The molecule has 1 N–H and O–H groups in total. The lowest BCUT2D eigenvalue weighted by molar-refractivity contribution is -0.164. The van der Waals surface area contributed by atoms with Crippen LogP contribution in [0.3, 0.4) is 0 Å². The van der Waals surface area contributed by atoms with Crippen molar-refractivity contribution in [1.29, 1.82) is 0 Å². The zero-order valence-corrected chi connectivity index (χ0v) is 10.9. The Kier molecular flexibility index (Phi) is 3.90. The molecule has 5 heteroatoms. The van der Waals surface area contributed by atoms with E-state index >= 15 is 0 Å². The van der Waals surface area contributed by atoms with Gasteiger partial charge >= 0.3 is 5.97 Å². The van der Waals surface area contributed by atoms with Crippen molar-refractivity contribution in [2.45, 2.75) is 56.6 Å². The van der Waals surface area contributed by atoms with Gasteiger partial charge in [-0.25, -0.2) is 4.79 Å². The van der Waals surface area contributed by atoms with Crippen molar-refractivity contribution in [1.82, 2.24) is 4.90 Å². The zero-order chi connectivity index (χ0) is 13.2. The summed E-state index contributed by atoms with van der Waals surface area (Å²) in [6.45, 7) is 0.602. The fourth-order valence-corrected chi connectivity index (χ4v) is 3.03. The Hall–Kier alpha value is -1.10. The Morgan fingerprint density at radius 2 is 1.89 bits per heavy atom. The lowest BCUT2D eigenvalue weighted by Gasteiger charge is -2.41. The molecule has 0 bridgehead atoms. The van der Waals surface area contributed by atoms with E-state index in [2.05, 4.69) is 0 Å². The van der Waals surface area contributed by atoms with Crippen molar-refractivity contribution in [3.63, 3.8) is 0 Å². The average molecular weight is 255 g/mol. The molecule has 102 valence electrons. The second kappa shape index (κ2) is 5.26. The van der Waals surface area contributed by atoms with Gasteiger partial charge in [-0.15, -0.1) is 0 Å². The predicted molar refractivity (Wildman–Crippen MR) is 65.2 cm³/mol. The molecule has 1 saturated heterocycles. The van der Waals surface area contributed by atoms with Gasteiger partial charge in [0.05, 0.1) is 0 Å². The van der Waals surface area contributed by atoms with Crippen LogP contribution in [0.5, 0.6) is 0 Å². The highest BCUT2D eigenvalue weighted by Gasteiger charge is 2.47. The number of carboxylic acid groups (broad SMARTS) is 1. The van der Waals surface area contributed by atoms with Crippen LogP contribution in [0, 0.1) is 0 Å². The fourth-order valence-electron chi connectivity index (χ4n) is 3.03. The van der Waals surface area contributed by atoms with Crippen LogP contribution in [-0.2, 0) is 14.3 Å².